The van der Waals surface area contributed by atoms with Crippen molar-refractivity contribution in [2.75, 3.05) is 11.5 Å². The van der Waals surface area contributed by atoms with E-state index in [1.807, 2.05) is 35.7 Å². The summed E-state index contributed by atoms with van der Waals surface area (Å²) >= 11 is 11.4. The predicted molar refractivity (Wildman–Crippen MR) is 81.8 cm³/mol. The Bertz CT molecular complexity index is 355. The molecule has 0 saturated carbocycles. The molecule has 1 aliphatic heterocycles. The molecule has 1 nitrogen and oxygen atoms in total. The van der Waals surface area contributed by atoms with Crippen LogP contribution in [0.4, 0.5) is 0 Å². The van der Waals surface area contributed by atoms with Crippen LogP contribution in [0, 0.1) is 0 Å². The summed E-state index contributed by atoms with van der Waals surface area (Å²) in [5.41, 5.74) is 0. The molecule has 0 aromatic carbocycles. The Morgan fingerprint density at radius 2 is 2.18 bits per heavy atom. The number of thioether (sulfide) groups is 2. The molecule has 1 aliphatic rings. The number of thiophene rings is 1. The lowest BCUT2D eigenvalue weighted by Gasteiger charge is -2.33. The van der Waals surface area contributed by atoms with Crippen molar-refractivity contribution < 1.29 is 5.11 Å². The first-order valence-corrected chi connectivity index (χ1v) is 9.15. The van der Waals surface area contributed by atoms with Crippen LogP contribution in [-0.4, -0.2) is 33.2 Å². The van der Waals surface area contributed by atoms with Crippen molar-refractivity contribution in [3.63, 3.8) is 0 Å². The first-order valence-electron chi connectivity index (χ1n) is 5.86. The van der Waals surface area contributed by atoms with E-state index in [1.165, 1.54) is 10.6 Å². The van der Waals surface area contributed by atoms with Gasteiger partial charge >= 0.3 is 0 Å². The maximum atomic E-state index is 10.4. The number of hydrogen-bond donors (Lipinski definition) is 1. The molecular weight excluding hydrogens is 292 g/mol. The SMILES string of the molecule is CCC1SCCSC1C(O)Cc1ccc(Cl)s1. The van der Waals surface area contributed by atoms with Crippen LogP contribution in [-0.2, 0) is 6.42 Å². The Balaban J connectivity index is 1.95. The van der Waals surface area contributed by atoms with Gasteiger partial charge in [0.15, 0.2) is 0 Å². The normalized spacial score (nSPS) is 27.0. The summed E-state index contributed by atoms with van der Waals surface area (Å²) in [6.07, 6.45) is 1.64. The van der Waals surface area contributed by atoms with Crippen LogP contribution in [0.1, 0.15) is 18.2 Å². The lowest BCUT2D eigenvalue weighted by molar-refractivity contribution is 0.170. The average molecular weight is 309 g/mol. The van der Waals surface area contributed by atoms with Gasteiger partial charge in [-0.05, 0) is 18.6 Å². The quantitative estimate of drug-likeness (QED) is 0.910. The topological polar surface area (TPSA) is 20.2 Å². The molecule has 1 aromatic rings. The van der Waals surface area contributed by atoms with Crippen LogP contribution in [0.15, 0.2) is 12.1 Å². The van der Waals surface area contributed by atoms with Crippen molar-refractivity contribution in [3.8, 4) is 0 Å². The molecule has 2 heterocycles. The van der Waals surface area contributed by atoms with E-state index in [2.05, 4.69) is 6.92 Å². The Morgan fingerprint density at radius 3 is 2.82 bits per heavy atom. The van der Waals surface area contributed by atoms with Crippen LogP contribution in [0.25, 0.3) is 0 Å². The minimum absolute atomic E-state index is 0.243. The molecule has 0 radical (unpaired) electrons. The fourth-order valence-electron chi connectivity index (χ4n) is 2.08. The van der Waals surface area contributed by atoms with Gasteiger partial charge in [-0.3, -0.25) is 0 Å². The monoisotopic (exact) mass is 308 g/mol. The second-order valence-corrected chi connectivity index (χ2v) is 8.56. The molecule has 0 bridgehead atoms. The Kier molecular flexibility index (Phi) is 5.55. The molecule has 0 spiro atoms. The number of aliphatic hydroxyl groups excluding tert-OH is 1. The van der Waals surface area contributed by atoms with Crippen molar-refractivity contribution in [2.24, 2.45) is 0 Å². The number of hydrogen-bond acceptors (Lipinski definition) is 4. The third kappa shape index (κ3) is 3.80. The summed E-state index contributed by atoms with van der Waals surface area (Å²) < 4.78 is 0.810. The molecule has 0 aliphatic carbocycles. The van der Waals surface area contributed by atoms with Gasteiger partial charge in [0.1, 0.15) is 0 Å². The van der Waals surface area contributed by atoms with Gasteiger partial charge < -0.3 is 5.11 Å². The van der Waals surface area contributed by atoms with Gasteiger partial charge in [0.25, 0.3) is 0 Å². The smallest absolute Gasteiger partial charge is 0.0931 e. The molecule has 1 N–H and O–H groups in total. The highest BCUT2D eigenvalue weighted by molar-refractivity contribution is 8.07. The van der Waals surface area contributed by atoms with E-state index in [-0.39, 0.29) is 6.10 Å². The molecule has 17 heavy (non-hydrogen) atoms. The Labute approximate surface area is 120 Å². The maximum Gasteiger partial charge on any atom is 0.0931 e. The van der Waals surface area contributed by atoms with E-state index in [0.717, 1.165) is 22.9 Å². The average Bonchev–Trinajstić information content (AvgIpc) is 2.74. The van der Waals surface area contributed by atoms with E-state index in [4.69, 9.17) is 11.6 Å². The second-order valence-electron chi connectivity index (χ2n) is 4.13. The zero-order chi connectivity index (χ0) is 12.3. The first-order chi connectivity index (χ1) is 8.20. The summed E-state index contributed by atoms with van der Waals surface area (Å²) in [6, 6.07) is 3.94. The van der Waals surface area contributed by atoms with Gasteiger partial charge in [-0.1, -0.05) is 18.5 Å². The van der Waals surface area contributed by atoms with Gasteiger partial charge in [0.2, 0.25) is 0 Å². The third-order valence-electron chi connectivity index (χ3n) is 2.91. The second kappa shape index (κ2) is 6.71. The van der Waals surface area contributed by atoms with E-state index in [9.17, 15) is 5.11 Å². The standard InChI is InChI=1S/C12H17ClOS3/c1-2-10-12(16-6-5-15-10)9(14)7-8-3-4-11(13)17-8/h3-4,9-10,12,14H,2,5-7H2,1H3. The van der Waals surface area contributed by atoms with E-state index in [1.54, 1.807) is 11.3 Å². The Hall–Kier alpha value is 0.650. The first kappa shape index (κ1) is 14.1. The summed E-state index contributed by atoms with van der Waals surface area (Å²) in [6.45, 7) is 2.21. The molecule has 1 aromatic heterocycles. The number of aliphatic hydroxyl groups is 1. The molecule has 5 heteroatoms. The van der Waals surface area contributed by atoms with Gasteiger partial charge in [-0.25, -0.2) is 0 Å². The highest BCUT2D eigenvalue weighted by Gasteiger charge is 2.31. The zero-order valence-electron chi connectivity index (χ0n) is 9.77. The highest BCUT2D eigenvalue weighted by atomic mass is 35.5. The van der Waals surface area contributed by atoms with E-state index < -0.39 is 0 Å². The van der Waals surface area contributed by atoms with Crippen LogP contribution in [0.3, 0.4) is 0 Å². The van der Waals surface area contributed by atoms with Crippen molar-refractivity contribution >= 4 is 46.5 Å². The van der Waals surface area contributed by atoms with Gasteiger partial charge in [-0.15, -0.1) is 11.3 Å². The molecule has 3 atom stereocenters. The summed E-state index contributed by atoms with van der Waals surface area (Å²) in [4.78, 5) is 1.19. The lowest BCUT2D eigenvalue weighted by Crippen LogP contribution is -2.37. The Morgan fingerprint density at radius 1 is 1.41 bits per heavy atom. The minimum Gasteiger partial charge on any atom is -0.392 e. The minimum atomic E-state index is -0.243. The largest absolute Gasteiger partial charge is 0.392 e. The van der Waals surface area contributed by atoms with Crippen molar-refractivity contribution in [1.29, 1.82) is 0 Å². The summed E-state index contributed by atoms with van der Waals surface area (Å²) in [7, 11) is 0. The van der Waals surface area contributed by atoms with Crippen molar-refractivity contribution in [3.05, 3.63) is 21.3 Å². The van der Waals surface area contributed by atoms with Crippen LogP contribution in [0.2, 0.25) is 4.34 Å². The van der Waals surface area contributed by atoms with Crippen molar-refractivity contribution in [2.45, 2.75) is 36.4 Å². The molecule has 1 fully saturated rings. The molecule has 0 amide bonds. The molecule has 1 saturated heterocycles. The van der Waals surface area contributed by atoms with Crippen LogP contribution >= 0.6 is 46.5 Å². The van der Waals surface area contributed by atoms with Crippen molar-refractivity contribution in [1.82, 2.24) is 0 Å². The van der Waals surface area contributed by atoms with Crippen LogP contribution < -0.4 is 0 Å². The number of halogens is 1. The molecule has 3 unspecified atom stereocenters. The molecular formula is C12H17ClOS3. The van der Waals surface area contributed by atoms with E-state index >= 15 is 0 Å². The van der Waals surface area contributed by atoms with E-state index in [0.29, 0.717) is 10.5 Å². The molecule has 96 valence electrons. The fraction of sp³-hybridized carbons (Fsp3) is 0.667. The zero-order valence-corrected chi connectivity index (χ0v) is 13.0. The van der Waals surface area contributed by atoms with Crippen LogP contribution in [0.5, 0.6) is 0 Å². The van der Waals surface area contributed by atoms with Gasteiger partial charge in [-0.2, -0.15) is 23.5 Å². The summed E-state index contributed by atoms with van der Waals surface area (Å²) in [5.74, 6) is 2.38. The fourth-order valence-corrected chi connectivity index (χ4v) is 6.36. The van der Waals surface area contributed by atoms with Gasteiger partial charge in [0.05, 0.1) is 10.4 Å². The number of rotatable bonds is 4. The third-order valence-corrected chi connectivity index (χ3v) is 7.56. The predicted octanol–water partition coefficient (Wildman–Crippen LogP) is 3.93. The maximum absolute atomic E-state index is 10.4. The highest BCUT2D eigenvalue weighted by Crippen LogP contribution is 2.36. The lowest BCUT2D eigenvalue weighted by atomic mass is 10.1. The van der Waals surface area contributed by atoms with Gasteiger partial charge in [0, 0.05) is 33.3 Å². The molecule has 2 rings (SSSR count). The summed E-state index contributed by atoms with van der Waals surface area (Å²) in [5, 5.41) is 11.3.